The fraction of sp³-hybridized carbons (Fsp3) is 0.250. The molecular weight excluding hydrogens is 616 g/mol. The van der Waals surface area contributed by atoms with Gasteiger partial charge in [-0.2, -0.15) is 4.72 Å². The number of hydrogen-bond donors (Lipinski definition) is 2. The molecule has 2 N–H and O–H groups in total. The molecule has 4 aromatic carbocycles. The standard InChI is InChI=1S/C36H38N4O6S/c1-5-45-30-18-14-28(15-19-30)36(27-10-8-7-9-11-27,29-16-20-31(21-17-29)46-6-2)38-47(43,44)32-22-12-26(13-23-32)33-24-40(39-37-33)34(25(3)4)35(41)42/h7-25,34,38H,5-6H2,1-4H3,(H,41,42). The molecule has 0 aliphatic heterocycles. The fourth-order valence-electron chi connectivity index (χ4n) is 5.61. The Morgan fingerprint density at radius 1 is 0.809 bits per heavy atom. The molecular formula is C36H38N4O6S. The number of nitrogens with zero attached hydrogens (tertiary/aromatic N) is 3. The van der Waals surface area contributed by atoms with Crippen LogP contribution < -0.4 is 14.2 Å². The van der Waals surface area contributed by atoms with Crippen LogP contribution in [-0.2, 0) is 20.4 Å². The molecule has 0 fully saturated rings. The van der Waals surface area contributed by atoms with Gasteiger partial charge in [0, 0.05) is 5.56 Å². The van der Waals surface area contributed by atoms with Crippen molar-refractivity contribution in [2.45, 2.75) is 44.2 Å². The first-order valence-corrected chi connectivity index (χ1v) is 16.9. The Hall–Kier alpha value is -5.00. The van der Waals surface area contributed by atoms with Crippen LogP contribution in [0.5, 0.6) is 11.5 Å². The van der Waals surface area contributed by atoms with Crippen LogP contribution in [0.15, 0.2) is 114 Å². The van der Waals surface area contributed by atoms with Crippen LogP contribution in [0.1, 0.15) is 50.4 Å². The summed E-state index contributed by atoms with van der Waals surface area (Å²) < 4.78 is 44.4. The lowest BCUT2D eigenvalue weighted by Gasteiger charge is -2.36. The third kappa shape index (κ3) is 7.06. The highest BCUT2D eigenvalue weighted by Crippen LogP contribution is 2.40. The number of carboxylic acids is 1. The number of aliphatic carboxylic acids is 1. The number of carboxylic acid groups (broad SMARTS) is 1. The third-order valence-electron chi connectivity index (χ3n) is 7.83. The SMILES string of the molecule is CCOc1ccc(C(NS(=O)(=O)c2ccc(-c3cn(C(C(=O)O)C(C)C)nn3)cc2)(c2ccccc2)c2ccc(OCC)cc2)cc1. The number of aromatic nitrogens is 3. The number of rotatable bonds is 14. The smallest absolute Gasteiger partial charge is 0.328 e. The van der Waals surface area contributed by atoms with Gasteiger partial charge in [-0.1, -0.05) is 85.8 Å². The summed E-state index contributed by atoms with van der Waals surface area (Å²) in [5.41, 5.74) is 1.77. The van der Waals surface area contributed by atoms with E-state index in [4.69, 9.17) is 9.47 Å². The van der Waals surface area contributed by atoms with Crippen LogP contribution >= 0.6 is 0 Å². The quantitative estimate of drug-likeness (QED) is 0.134. The van der Waals surface area contributed by atoms with Gasteiger partial charge in [0.2, 0.25) is 10.0 Å². The summed E-state index contributed by atoms with van der Waals surface area (Å²) in [6, 6.07) is 29.6. The predicted octanol–water partition coefficient (Wildman–Crippen LogP) is 6.29. The highest BCUT2D eigenvalue weighted by atomic mass is 32.2. The molecule has 0 bridgehead atoms. The zero-order valence-corrected chi connectivity index (χ0v) is 27.5. The summed E-state index contributed by atoms with van der Waals surface area (Å²) in [7, 11) is -4.16. The molecule has 1 aromatic heterocycles. The van der Waals surface area contributed by atoms with Crippen molar-refractivity contribution in [2.75, 3.05) is 13.2 Å². The van der Waals surface area contributed by atoms with Crippen LogP contribution in [0.25, 0.3) is 11.3 Å². The minimum Gasteiger partial charge on any atom is -0.494 e. The lowest BCUT2D eigenvalue weighted by molar-refractivity contribution is -0.142. The zero-order valence-electron chi connectivity index (χ0n) is 26.7. The van der Waals surface area contributed by atoms with Crippen molar-refractivity contribution < 1.29 is 27.8 Å². The van der Waals surface area contributed by atoms with E-state index in [1.807, 2.05) is 92.7 Å². The van der Waals surface area contributed by atoms with Crippen LogP contribution in [0.4, 0.5) is 0 Å². The van der Waals surface area contributed by atoms with Crippen molar-refractivity contribution in [3.63, 3.8) is 0 Å². The van der Waals surface area contributed by atoms with Crippen LogP contribution in [-0.4, -0.2) is 47.7 Å². The Kier molecular flexibility index (Phi) is 10.1. The maximum Gasteiger partial charge on any atom is 0.328 e. The average Bonchev–Trinajstić information content (AvgIpc) is 3.54. The van der Waals surface area contributed by atoms with Gasteiger partial charge < -0.3 is 14.6 Å². The molecule has 5 rings (SSSR count). The summed E-state index contributed by atoms with van der Waals surface area (Å²) >= 11 is 0. The minimum atomic E-state index is -4.16. The fourth-order valence-corrected chi connectivity index (χ4v) is 6.98. The van der Waals surface area contributed by atoms with Gasteiger partial charge >= 0.3 is 5.97 Å². The molecule has 0 saturated carbocycles. The second-order valence-corrected chi connectivity index (χ2v) is 13.0. The first-order valence-electron chi connectivity index (χ1n) is 15.4. The van der Waals surface area contributed by atoms with Crippen molar-refractivity contribution in [3.8, 4) is 22.8 Å². The molecule has 244 valence electrons. The molecule has 0 radical (unpaired) electrons. The van der Waals surface area contributed by atoms with Crippen LogP contribution in [0, 0.1) is 5.92 Å². The van der Waals surface area contributed by atoms with E-state index in [9.17, 15) is 18.3 Å². The minimum absolute atomic E-state index is 0.0383. The molecule has 47 heavy (non-hydrogen) atoms. The number of nitrogens with one attached hydrogen (secondary N) is 1. The summed E-state index contributed by atoms with van der Waals surface area (Å²) in [4.78, 5) is 11.8. The normalized spacial score (nSPS) is 12.5. The highest BCUT2D eigenvalue weighted by Gasteiger charge is 2.41. The third-order valence-corrected chi connectivity index (χ3v) is 9.30. The van der Waals surface area contributed by atoms with Gasteiger partial charge in [-0.05, 0) is 72.9 Å². The molecule has 5 aromatic rings. The zero-order chi connectivity index (χ0) is 33.6. The van der Waals surface area contributed by atoms with Crippen LogP contribution in [0.3, 0.4) is 0 Å². The molecule has 1 heterocycles. The molecule has 1 atom stereocenters. The van der Waals surface area contributed by atoms with Gasteiger partial charge in [-0.25, -0.2) is 17.9 Å². The van der Waals surface area contributed by atoms with Crippen molar-refractivity contribution in [3.05, 3.63) is 126 Å². The maximum atomic E-state index is 14.3. The lowest BCUT2D eigenvalue weighted by Crippen LogP contribution is -2.47. The first-order chi connectivity index (χ1) is 22.6. The van der Waals surface area contributed by atoms with E-state index in [0.29, 0.717) is 52.7 Å². The van der Waals surface area contributed by atoms with Gasteiger partial charge in [0.15, 0.2) is 6.04 Å². The summed E-state index contributed by atoms with van der Waals surface area (Å²) in [6.07, 6.45) is 1.55. The molecule has 0 amide bonds. The summed E-state index contributed by atoms with van der Waals surface area (Å²) in [5, 5.41) is 17.8. The van der Waals surface area contributed by atoms with Crippen molar-refractivity contribution in [2.24, 2.45) is 5.92 Å². The second kappa shape index (κ2) is 14.2. The maximum absolute atomic E-state index is 14.3. The van der Waals surface area contributed by atoms with E-state index >= 15 is 0 Å². The number of sulfonamides is 1. The summed E-state index contributed by atoms with van der Waals surface area (Å²) in [5.74, 6) is 0.119. The number of benzene rings is 4. The lowest BCUT2D eigenvalue weighted by atomic mass is 9.78. The van der Waals surface area contributed by atoms with E-state index < -0.39 is 27.6 Å². The van der Waals surface area contributed by atoms with E-state index in [1.165, 1.54) is 16.8 Å². The number of hydrogen-bond acceptors (Lipinski definition) is 7. The Bertz CT molecular complexity index is 1840. The van der Waals surface area contributed by atoms with Crippen molar-refractivity contribution in [1.82, 2.24) is 19.7 Å². The second-order valence-electron chi connectivity index (χ2n) is 11.3. The van der Waals surface area contributed by atoms with Gasteiger partial charge in [0.25, 0.3) is 0 Å². The molecule has 11 heteroatoms. The Labute approximate surface area is 275 Å². The Balaban J connectivity index is 1.58. The van der Waals surface area contributed by atoms with Gasteiger partial charge in [0.05, 0.1) is 24.3 Å². The summed E-state index contributed by atoms with van der Waals surface area (Å²) in [6.45, 7) is 8.40. The predicted molar refractivity (Wildman–Crippen MR) is 179 cm³/mol. The largest absolute Gasteiger partial charge is 0.494 e. The Morgan fingerprint density at radius 2 is 1.32 bits per heavy atom. The van der Waals surface area contributed by atoms with E-state index in [0.717, 1.165) is 0 Å². The van der Waals surface area contributed by atoms with E-state index in [2.05, 4.69) is 15.0 Å². The monoisotopic (exact) mass is 654 g/mol. The average molecular weight is 655 g/mol. The van der Waals surface area contributed by atoms with Crippen LogP contribution in [0.2, 0.25) is 0 Å². The molecule has 10 nitrogen and oxygen atoms in total. The highest BCUT2D eigenvalue weighted by molar-refractivity contribution is 7.89. The molecule has 0 saturated heterocycles. The number of carbonyl (C=O) groups is 1. The molecule has 0 aliphatic rings. The molecule has 1 unspecified atom stereocenters. The van der Waals surface area contributed by atoms with Gasteiger partial charge in [-0.15, -0.1) is 5.10 Å². The van der Waals surface area contributed by atoms with Crippen molar-refractivity contribution >= 4 is 16.0 Å². The first kappa shape index (κ1) is 33.4. The molecule has 0 aliphatic carbocycles. The van der Waals surface area contributed by atoms with E-state index in [-0.39, 0.29) is 10.8 Å². The number of ether oxygens (including phenoxy) is 2. The molecule has 0 spiro atoms. The topological polar surface area (TPSA) is 133 Å². The van der Waals surface area contributed by atoms with Crippen molar-refractivity contribution in [1.29, 1.82) is 0 Å². The van der Waals surface area contributed by atoms with E-state index in [1.54, 1.807) is 32.2 Å². The van der Waals surface area contributed by atoms with Gasteiger partial charge in [0.1, 0.15) is 22.7 Å². The van der Waals surface area contributed by atoms with Gasteiger partial charge in [-0.3, -0.25) is 0 Å². The Morgan fingerprint density at radius 3 is 1.79 bits per heavy atom.